The van der Waals surface area contributed by atoms with Gasteiger partial charge in [-0.05, 0) is 31.7 Å². The number of amides is 1. The molecule has 0 saturated heterocycles. The van der Waals surface area contributed by atoms with Gasteiger partial charge in [0.15, 0.2) is 0 Å². The van der Waals surface area contributed by atoms with Crippen LogP contribution in [0.4, 0.5) is 0 Å². The van der Waals surface area contributed by atoms with Crippen molar-refractivity contribution in [1.29, 1.82) is 0 Å². The number of nitrogens with one attached hydrogen (secondary N) is 1. The first-order chi connectivity index (χ1) is 9.59. The molecule has 1 heterocycles. The zero-order valence-electron chi connectivity index (χ0n) is 11.9. The van der Waals surface area contributed by atoms with Gasteiger partial charge in [-0.15, -0.1) is 11.3 Å². The molecule has 1 amide bonds. The lowest BCUT2D eigenvalue weighted by Crippen LogP contribution is -2.24. The second-order valence-corrected chi connectivity index (χ2v) is 5.42. The van der Waals surface area contributed by atoms with Crippen LogP contribution in [0.25, 0.3) is 0 Å². The summed E-state index contributed by atoms with van der Waals surface area (Å²) in [7, 11) is 0. The average Bonchev–Trinajstić information content (AvgIpc) is 2.93. The van der Waals surface area contributed by atoms with Gasteiger partial charge in [0.2, 0.25) is 0 Å². The molecular weight excluding hydrogens is 278 g/mol. The summed E-state index contributed by atoms with van der Waals surface area (Å²) in [4.78, 5) is 23.6. The number of ether oxygens (including phenoxy) is 2. The van der Waals surface area contributed by atoms with E-state index in [1.54, 1.807) is 6.07 Å². The Morgan fingerprint density at radius 3 is 2.80 bits per heavy atom. The number of thiophene rings is 1. The van der Waals surface area contributed by atoms with Crippen molar-refractivity contribution in [3.8, 4) is 0 Å². The zero-order chi connectivity index (χ0) is 14.8. The third kappa shape index (κ3) is 7.25. The summed E-state index contributed by atoms with van der Waals surface area (Å²) in [5.41, 5.74) is 0. The number of rotatable bonds is 9. The molecule has 0 spiro atoms. The second-order valence-electron chi connectivity index (χ2n) is 4.48. The van der Waals surface area contributed by atoms with Crippen molar-refractivity contribution < 1.29 is 19.1 Å². The highest BCUT2D eigenvalue weighted by atomic mass is 32.1. The van der Waals surface area contributed by atoms with E-state index in [1.807, 2.05) is 25.3 Å². The standard InChI is InChI=1S/C14H21NO4S/c1-11(2)18-8-9-19-13(16)6-3-7-15-14(17)12-5-4-10-20-12/h4-5,10-11H,3,6-9H2,1-2H3,(H,15,17). The fourth-order valence-electron chi connectivity index (χ4n) is 1.44. The van der Waals surface area contributed by atoms with Gasteiger partial charge in [0.05, 0.1) is 17.6 Å². The van der Waals surface area contributed by atoms with Crippen molar-refractivity contribution in [2.24, 2.45) is 0 Å². The molecule has 5 nitrogen and oxygen atoms in total. The van der Waals surface area contributed by atoms with E-state index in [2.05, 4.69) is 5.32 Å². The van der Waals surface area contributed by atoms with Crippen molar-refractivity contribution in [1.82, 2.24) is 5.32 Å². The molecule has 0 aromatic carbocycles. The normalized spacial score (nSPS) is 10.6. The average molecular weight is 299 g/mol. The Morgan fingerprint density at radius 2 is 2.15 bits per heavy atom. The molecule has 1 aromatic heterocycles. The summed E-state index contributed by atoms with van der Waals surface area (Å²) >= 11 is 1.39. The first-order valence-corrected chi connectivity index (χ1v) is 7.56. The van der Waals surface area contributed by atoms with Crippen LogP contribution in [0, 0.1) is 0 Å². The maximum absolute atomic E-state index is 11.6. The van der Waals surface area contributed by atoms with E-state index >= 15 is 0 Å². The van der Waals surface area contributed by atoms with E-state index in [-0.39, 0.29) is 24.6 Å². The van der Waals surface area contributed by atoms with Crippen molar-refractivity contribution in [2.45, 2.75) is 32.8 Å². The molecular formula is C14H21NO4S. The maximum Gasteiger partial charge on any atom is 0.305 e. The fraction of sp³-hybridized carbons (Fsp3) is 0.571. The Labute approximate surface area is 123 Å². The molecule has 0 aliphatic rings. The molecule has 0 aliphatic heterocycles. The quantitative estimate of drug-likeness (QED) is 0.561. The first-order valence-electron chi connectivity index (χ1n) is 6.68. The molecule has 1 aromatic rings. The minimum absolute atomic E-state index is 0.0984. The minimum atomic E-state index is -0.261. The molecule has 112 valence electrons. The topological polar surface area (TPSA) is 64.6 Å². The SMILES string of the molecule is CC(C)OCCOC(=O)CCCNC(=O)c1cccs1. The molecule has 0 fully saturated rings. The van der Waals surface area contributed by atoms with E-state index in [0.717, 1.165) is 0 Å². The van der Waals surface area contributed by atoms with Gasteiger partial charge in [-0.1, -0.05) is 6.07 Å². The molecule has 0 aliphatic carbocycles. The lowest BCUT2D eigenvalue weighted by Gasteiger charge is -2.08. The number of carbonyl (C=O) groups is 2. The second kappa shape index (κ2) is 9.50. The van der Waals surface area contributed by atoms with Crippen LogP contribution in [0.1, 0.15) is 36.4 Å². The van der Waals surface area contributed by atoms with Gasteiger partial charge in [0.1, 0.15) is 6.61 Å². The molecule has 0 unspecified atom stereocenters. The molecule has 0 saturated carbocycles. The summed E-state index contributed by atoms with van der Waals surface area (Å²) < 4.78 is 10.3. The Morgan fingerprint density at radius 1 is 1.35 bits per heavy atom. The van der Waals surface area contributed by atoms with E-state index in [0.29, 0.717) is 30.9 Å². The highest BCUT2D eigenvalue weighted by molar-refractivity contribution is 7.12. The van der Waals surface area contributed by atoms with Crippen molar-refractivity contribution in [3.63, 3.8) is 0 Å². The molecule has 0 bridgehead atoms. The van der Waals surface area contributed by atoms with Crippen LogP contribution in [0.15, 0.2) is 17.5 Å². The number of esters is 1. The van der Waals surface area contributed by atoms with Gasteiger partial charge >= 0.3 is 5.97 Å². The van der Waals surface area contributed by atoms with Crippen LogP contribution in [0.5, 0.6) is 0 Å². The lowest BCUT2D eigenvalue weighted by atomic mass is 10.3. The van der Waals surface area contributed by atoms with Crippen LogP contribution in [-0.4, -0.2) is 37.7 Å². The third-order valence-electron chi connectivity index (χ3n) is 2.39. The zero-order valence-corrected chi connectivity index (χ0v) is 12.7. The fourth-order valence-corrected chi connectivity index (χ4v) is 2.08. The number of carbonyl (C=O) groups excluding carboxylic acids is 2. The Hall–Kier alpha value is -1.40. The van der Waals surface area contributed by atoms with Gasteiger partial charge in [0, 0.05) is 13.0 Å². The van der Waals surface area contributed by atoms with Gasteiger partial charge in [0.25, 0.3) is 5.91 Å². The third-order valence-corrected chi connectivity index (χ3v) is 3.25. The Bertz CT molecular complexity index is 403. The number of hydrogen-bond donors (Lipinski definition) is 1. The predicted molar refractivity (Wildman–Crippen MR) is 77.9 cm³/mol. The monoisotopic (exact) mass is 299 g/mol. The predicted octanol–water partition coefficient (Wildman–Crippen LogP) is 2.23. The molecule has 20 heavy (non-hydrogen) atoms. The number of hydrogen-bond acceptors (Lipinski definition) is 5. The molecule has 0 atom stereocenters. The summed E-state index contributed by atoms with van der Waals surface area (Å²) in [6, 6.07) is 3.60. The van der Waals surface area contributed by atoms with Gasteiger partial charge in [-0.2, -0.15) is 0 Å². The van der Waals surface area contributed by atoms with Crippen molar-refractivity contribution >= 4 is 23.2 Å². The largest absolute Gasteiger partial charge is 0.463 e. The highest BCUT2D eigenvalue weighted by Gasteiger charge is 2.07. The Kier molecular flexibility index (Phi) is 7.91. The van der Waals surface area contributed by atoms with Gasteiger partial charge in [-0.3, -0.25) is 9.59 Å². The summed E-state index contributed by atoms with van der Waals surface area (Å²) in [6.45, 7) is 5.02. The van der Waals surface area contributed by atoms with Crippen LogP contribution in [0.2, 0.25) is 0 Å². The highest BCUT2D eigenvalue weighted by Crippen LogP contribution is 2.07. The summed E-state index contributed by atoms with van der Waals surface area (Å²) in [6.07, 6.45) is 1.01. The molecule has 6 heteroatoms. The summed E-state index contributed by atoms with van der Waals surface area (Å²) in [5, 5.41) is 4.61. The van der Waals surface area contributed by atoms with Crippen LogP contribution < -0.4 is 5.32 Å². The molecule has 1 rings (SSSR count). The van der Waals surface area contributed by atoms with E-state index < -0.39 is 0 Å². The van der Waals surface area contributed by atoms with Gasteiger partial charge in [-0.25, -0.2) is 0 Å². The van der Waals surface area contributed by atoms with E-state index in [1.165, 1.54) is 11.3 Å². The maximum atomic E-state index is 11.6. The smallest absolute Gasteiger partial charge is 0.305 e. The van der Waals surface area contributed by atoms with Crippen molar-refractivity contribution in [3.05, 3.63) is 22.4 Å². The Balaban J connectivity index is 2.00. The van der Waals surface area contributed by atoms with Crippen LogP contribution in [-0.2, 0) is 14.3 Å². The van der Waals surface area contributed by atoms with Crippen LogP contribution in [0.3, 0.4) is 0 Å². The summed E-state index contributed by atoms with van der Waals surface area (Å²) in [5.74, 6) is -0.360. The van der Waals surface area contributed by atoms with E-state index in [9.17, 15) is 9.59 Å². The molecule has 0 radical (unpaired) electrons. The van der Waals surface area contributed by atoms with Crippen molar-refractivity contribution in [2.75, 3.05) is 19.8 Å². The van der Waals surface area contributed by atoms with E-state index in [4.69, 9.17) is 9.47 Å². The van der Waals surface area contributed by atoms with Crippen LogP contribution >= 0.6 is 11.3 Å². The first kappa shape index (κ1) is 16.7. The van der Waals surface area contributed by atoms with Gasteiger partial charge < -0.3 is 14.8 Å². The lowest BCUT2D eigenvalue weighted by molar-refractivity contribution is -0.145. The minimum Gasteiger partial charge on any atom is -0.463 e. The molecule has 1 N–H and O–H groups in total.